The van der Waals surface area contributed by atoms with Crippen LogP contribution in [0.2, 0.25) is 0 Å². The van der Waals surface area contributed by atoms with Crippen molar-refractivity contribution >= 4 is 22.6 Å². The van der Waals surface area contributed by atoms with Gasteiger partial charge in [-0.1, -0.05) is 42.5 Å². The maximum absolute atomic E-state index is 11.8. The van der Waals surface area contributed by atoms with Crippen molar-refractivity contribution in [2.45, 2.75) is 19.9 Å². The fraction of sp³-hybridized carbons (Fsp3) is 0.333. The van der Waals surface area contributed by atoms with Crippen LogP contribution < -0.4 is 16.0 Å². The predicted octanol–water partition coefficient (Wildman–Crippen LogP) is 0.717. The molecule has 0 radical (unpaired) electrons. The number of carbonyl (C=O) groups is 2. The molecular formula is C18H24N3O2+. The molecule has 0 aliphatic heterocycles. The molecule has 23 heavy (non-hydrogen) atoms. The maximum Gasteiger partial charge on any atom is 0.275 e. The summed E-state index contributed by atoms with van der Waals surface area (Å²) >= 11 is 0. The number of benzene rings is 2. The molecule has 0 aromatic heterocycles. The summed E-state index contributed by atoms with van der Waals surface area (Å²) in [6.45, 7) is 4.82. The molecule has 1 atom stereocenters. The first-order valence-electron chi connectivity index (χ1n) is 7.96. The van der Waals surface area contributed by atoms with E-state index in [-0.39, 0.29) is 24.4 Å². The first-order valence-corrected chi connectivity index (χ1v) is 7.96. The van der Waals surface area contributed by atoms with E-state index in [4.69, 9.17) is 0 Å². The molecule has 5 heteroatoms. The summed E-state index contributed by atoms with van der Waals surface area (Å²) in [6.07, 6.45) is 0. The molecule has 0 heterocycles. The lowest BCUT2D eigenvalue weighted by Crippen LogP contribution is -2.87. The van der Waals surface area contributed by atoms with Gasteiger partial charge in [-0.3, -0.25) is 9.59 Å². The number of fused-ring (bicyclic) bond motifs is 1. The summed E-state index contributed by atoms with van der Waals surface area (Å²) in [6, 6.07) is 14.6. The molecule has 4 N–H and O–H groups in total. The molecule has 0 saturated heterocycles. The zero-order valence-electron chi connectivity index (χ0n) is 13.6. The molecule has 0 spiro atoms. The summed E-state index contributed by atoms with van der Waals surface area (Å²) in [5, 5.41) is 9.67. The number of likely N-dealkylation sites (N-methyl/N-ethyl adjacent to an activating group) is 1. The minimum Gasteiger partial charge on any atom is -0.355 e. The highest BCUT2D eigenvalue weighted by atomic mass is 16.2. The Bertz CT molecular complexity index is 680. The molecule has 5 nitrogen and oxygen atoms in total. The van der Waals surface area contributed by atoms with Gasteiger partial charge in [0.05, 0.1) is 6.54 Å². The minimum atomic E-state index is -0.164. The van der Waals surface area contributed by atoms with Crippen molar-refractivity contribution in [3.63, 3.8) is 0 Å². The van der Waals surface area contributed by atoms with Crippen molar-refractivity contribution < 1.29 is 14.9 Å². The van der Waals surface area contributed by atoms with Crippen LogP contribution in [0.25, 0.3) is 10.8 Å². The number of nitrogens with one attached hydrogen (secondary N) is 2. The van der Waals surface area contributed by atoms with Gasteiger partial charge in [0.1, 0.15) is 6.04 Å². The zero-order chi connectivity index (χ0) is 16.7. The summed E-state index contributed by atoms with van der Waals surface area (Å²) < 4.78 is 0. The Labute approximate surface area is 136 Å². The van der Waals surface area contributed by atoms with E-state index in [0.29, 0.717) is 13.1 Å². The Kier molecular flexibility index (Phi) is 6.11. The van der Waals surface area contributed by atoms with Crippen molar-refractivity contribution in [2.24, 2.45) is 0 Å². The Morgan fingerprint density at radius 2 is 1.78 bits per heavy atom. The number of rotatable bonds is 7. The number of hydrogen-bond acceptors (Lipinski definition) is 2. The van der Waals surface area contributed by atoms with E-state index < -0.39 is 0 Å². The molecule has 0 aliphatic rings. The van der Waals surface area contributed by atoms with Gasteiger partial charge in [0, 0.05) is 12.1 Å². The summed E-state index contributed by atoms with van der Waals surface area (Å²) in [5.41, 5.74) is 1.21. The first kappa shape index (κ1) is 17.0. The standard InChI is InChI=1S/C18H23N3O2/c1-3-19-17(22)12-21-18(23)11-20-13(2)15-10-6-8-14-7-4-5-9-16(14)15/h4-10,13,20H,3,11-12H2,1-2H3,(H,19,22)(H,21,23)/p+1/t13-/m1/s1. The van der Waals surface area contributed by atoms with Crippen LogP contribution in [0.4, 0.5) is 0 Å². The lowest BCUT2D eigenvalue weighted by molar-refractivity contribution is -0.682. The van der Waals surface area contributed by atoms with Gasteiger partial charge < -0.3 is 16.0 Å². The third-order valence-corrected chi connectivity index (χ3v) is 3.79. The third kappa shape index (κ3) is 4.79. The minimum absolute atomic E-state index is 0.0309. The first-order chi connectivity index (χ1) is 11.1. The molecule has 0 fully saturated rings. The number of quaternary nitrogens is 1. The number of nitrogens with two attached hydrogens (primary N) is 1. The van der Waals surface area contributed by atoms with Gasteiger partial charge in [-0.05, 0) is 24.6 Å². The molecule has 0 aliphatic carbocycles. The SMILES string of the molecule is CCNC(=O)CNC(=O)C[NH2+][C@H](C)c1cccc2ccccc12. The fourth-order valence-electron chi connectivity index (χ4n) is 2.57. The van der Waals surface area contributed by atoms with Crippen LogP contribution >= 0.6 is 0 Å². The van der Waals surface area contributed by atoms with Crippen LogP contribution in [0.1, 0.15) is 25.5 Å². The largest absolute Gasteiger partial charge is 0.355 e. The van der Waals surface area contributed by atoms with Crippen LogP contribution in [0.3, 0.4) is 0 Å². The average Bonchev–Trinajstić information content (AvgIpc) is 2.57. The van der Waals surface area contributed by atoms with E-state index in [1.165, 1.54) is 16.3 Å². The van der Waals surface area contributed by atoms with Crippen molar-refractivity contribution in [1.29, 1.82) is 0 Å². The van der Waals surface area contributed by atoms with Gasteiger partial charge in [0.2, 0.25) is 5.91 Å². The summed E-state index contributed by atoms with van der Waals surface area (Å²) in [4.78, 5) is 23.1. The molecule has 2 amide bonds. The van der Waals surface area contributed by atoms with Gasteiger partial charge in [0.15, 0.2) is 6.54 Å². The molecule has 0 unspecified atom stereocenters. The Balaban J connectivity index is 1.90. The highest BCUT2D eigenvalue weighted by Crippen LogP contribution is 2.21. The highest BCUT2D eigenvalue weighted by molar-refractivity contribution is 5.86. The maximum atomic E-state index is 11.8. The highest BCUT2D eigenvalue weighted by Gasteiger charge is 2.14. The molecule has 0 saturated carbocycles. The van der Waals surface area contributed by atoms with Crippen LogP contribution in [0, 0.1) is 0 Å². The van der Waals surface area contributed by atoms with E-state index >= 15 is 0 Å². The molecular weight excluding hydrogens is 290 g/mol. The van der Waals surface area contributed by atoms with E-state index in [1.54, 1.807) is 0 Å². The quantitative estimate of drug-likeness (QED) is 0.704. The van der Waals surface area contributed by atoms with Crippen molar-refractivity contribution in [3.05, 3.63) is 48.0 Å². The number of carbonyl (C=O) groups excluding carboxylic acids is 2. The number of amides is 2. The van der Waals surface area contributed by atoms with E-state index in [0.717, 1.165) is 0 Å². The van der Waals surface area contributed by atoms with E-state index in [1.807, 2.05) is 30.4 Å². The Morgan fingerprint density at radius 3 is 2.57 bits per heavy atom. The predicted molar refractivity (Wildman–Crippen MR) is 90.8 cm³/mol. The molecule has 122 valence electrons. The summed E-state index contributed by atoms with van der Waals surface area (Å²) in [5.74, 6) is -0.300. The van der Waals surface area contributed by atoms with Gasteiger partial charge in [0.25, 0.3) is 5.91 Å². The molecule has 2 aromatic rings. The average molecular weight is 314 g/mol. The lowest BCUT2D eigenvalue weighted by atomic mass is 10.00. The van der Waals surface area contributed by atoms with Crippen LogP contribution in [0.5, 0.6) is 0 Å². The Morgan fingerprint density at radius 1 is 1.04 bits per heavy atom. The second kappa shape index (κ2) is 8.29. The van der Waals surface area contributed by atoms with Crippen molar-refractivity contribution in [1.82, 2.24) is 10.6 Å². The van der Waals surface area contributed by atoms with Crippen molar-refractivity contribution in [2.75, 3.05) is 19.6 Å². The number of hydrogen-bond donors (Lipinski definition) is 3. The molecule has 2 aromatic carbocycles. The van der Waals surface area contributed by atoms with Gasteiger partial charge >= 0.3 is 0 Å². The monoisotopic (exact) mass is 314 g/mol. The fourth-order valence-corrected chi connectivity index (χ4v) is 2.57. The van der Waals surface area contributed by atoms with Crippen LogP contribution in [0.15, 0.2) is 42.5 Å². The Hall–Kier alpha value is -2.40. The van der Waals surface area contributed by atoms with Gasteiger partial charge in [-0.2, -0.15) is 0 Å². The van der Waals surface area contributed by atoms with Gasteiger partial charge in [-0.25, -0.2) is 0 Å². The second-order valence-electron chi connectivity index (χ2n) is 5.53. The molecule has 2 rings (SSSR count). The topological polar surface area (TPSA) is 74.8 Å². The smallest absolute Gasteiger partial charge is 0.275 e. The second-order valence-corrected chi connectivity index (χ2v) is 5.53. The van der Waals surface area contributed by atoms with Crippen LogP contribution in [-0.4, -0.2) is 31.4 Å². The van der Waals surface area contributed by atoms with Crippen molar-refractivity contribution in [3.8, 4) is 0 Å². The summed E-state index contributed by atoms with van der Waals surface area (Å²) in [7, 11) is 0. The molecule has 0 bridgehead atoms. The zero-order valence-corrected chi connectivity index (χ0v) is 13.6. The lowest BCUT2D eigenvalue weighted by Gasteiger charge is -2.13. The third-order valence-electron chi connectivity index (χ3n) is 3.79. The van der Waals surface area contributed by atoms with E-state index in [2.05, 4.69) is 41.8 Å². The van der Waals surface area contributed by atoms with Crippen LogP contribution in [-0.2, 0) is 9.59 Å². The normalized spacial score (nSPS) is 11.9. The van der Waals surface area contributed by atoms with Gasteiger partial charge in [-0.15, -0.1) is 0 Å². The van der Waals surface area contributed by atoms with E-state index in [9.17, 15) is 9.59 Å².